The number of hydrogen-bond donors (Lipinski definition) is 0. The van der Waals surface area contributed by atoms with Crippen LogP contribution in [0.1, 0.15) is 18.3 Å². The highest BCUT2D eigenvalue weighted by atomic mass is 32.2. The number of aryl methyl sites for hydroxylation is 1. The largest absolute Gasteiger partial charge is 0.327 e. The molecule has 3 aromatic rings. The minimum Gasteiger partial charge on any atom is -0.327 e. The summed E-state index contributed by atoms with van der Waals surface area (Å²) in [7, 11) is -2.12. The standard InChI is InChI=1S/C18H18N4O2S/c1-3-22-17-7-5-4-6-16(17)20-18(22)13-21(2)25(23,24)15-10-8-14(12-19)9-11-15/h4-11H,3,13H2,1-2H3. The van der Waals surface area contributed by atoms with Crippen LogP contribution in [0.3, 0.4) is 0 Å². The van der Waals surface area contributed by atoms with E-state index in [-0.39, 0.29) is 11.4 Å². The lowest BCUT2D eigenvalue weighted by Gasteiger charge is -2.17. The van der Waals surface area contributed by atoms with Crippen molar-refractivity contribution < 1.29 is 8.42 Å². The summed E-state index contributed by atoms with van der Waals surface area (Å²) in [5, 5.41) is 8.84. The second kappa shape index (κ2) is 6.67. The molecular weight excluding hydrogens is 336 g/mol. The second-order valence-corrected chi connectivity index (χ2v) is 7.70. The monoisotopic (exact) mass is 354 g/mol. The lowest BCUT2D eigenvalue weighted by Crippen LogP contribution is -2.28. The maximum Gasteiger partial charge on any atom is 0.243 e. The Morgan fingerprint density at radius 3 is 2.48 bits per heavy atom. The van der Waals surface area contributed by atoms with Gasteiger partial charge in [-0.3, -0.25) is 0 Å². The summed E-state index contributed by atoms with van der Waals surface area (Å²) in [4.78, 5) is 4.73. The van der Waals surface area contributed by atoms with Crippen LogP contribution in [-0.4, -0.2) is 29.3 Å². The van der Waals surface area contributed by atoms with Crippen molar-refractivity contribution in [1.82, 2.24) is 13.9 Å². The molecule has 0 radical (unpaired) electrons. The van der Waals surface area contributed by atoms with Crippen molar-refractivity contribution in [3.63, 3.8) is 0 Å². The number of fused-ring (bicyclic) bond motifs is 1. The number of hydrogen-bond acceptors (Lipinski definition) is 4. The molecule has 0 aliphatic rings. The van der Waals surface area contributed by atoms with Crippen molar-refractivity contribution in [2.75, 3.05) is 7.05 Å². The molecule has 7 heteroatoms. The topological polar surface area (TPSA) is 79.0 Å². The van der Waals surface area contributed by atoms with Crippen molar-refractivity contribution in [2.45, 2.75) is 24.9 Å². The summed E-state index contributed by atoms with van der Waals surface area (Å²) in [5.41, 5.74) is 2.27. The normalized spacial score (nSPS) is 11.8. The van der Waals surface area contributed by atoms with Gasteiger partial charge in [0.05, 0.1) is 34.1 Å². The van der Waals surface area contributed by atoms with Gasteiger partial charge in [0.1, 0.15) is 5.82 Å². The molecule has 0 amide bonds. The predicted molar refractivity (Wildman–Crippen MR) is 95.2 cm³/mol. The van der Waals surface area contributed by atoms with Crippen LogP contribution in [0.15, 0.2) is 53.4 Å². The average molecular weight is 354 g/mol. The molecule has 2 aromatic carbocycles. The Balaban J connectivity index is 1.93. The highest BCUT2D eigenvalue weighted by Gasteiger charge is 2.23. The number of rotatable bonds is 5. The van der Waals surface area contributed by atoms with Crippen LogP contribution in [0.25, 0.3) is 11.0 Å². The third-order valence-corrected chi connectivity index (χ3v) is 5.92. The van der Waals surface area contributed by atoms with E-state index in [0.717, 1.165) is 11.0 Å². The fourth-order valence-corrected chi connectivity index (χ4v) is 3.89. The quantitative estimate of drug-likeness (QED) is 0.706. The molecule has 1 heterocycles. The van der Waals surface area contributed by atoms with E-state index in [9.17, 15) is 8.42 Å². The second-order valence-electron chi connectivity index (χ2n) is 5.66. The maximum atomic E-state index is 12.8. The van der Waals surface area contributed by atoms with E-state index in [1.807, 2.05) is 41.8 Å². The van der Waals surface area contributed by atoms with Crippen LogP contribution < -0.4 is 0 Å². The van der Waals surface area contributed by atoms with Gasteiger partial charge in [0, 0.05) is 13.6 Å². The van der Waals surface area contributed by atoms with E-state index in [1.54, 1.807) is 0 Å². The Labute approximate surface area is 147 Å². The molecule has 128 valence electrons. The molecule has 0 bridgehead atoms. The summed E-state index contributed by atoms with van der Waals surface area (Å²) in [6, 6.07) is 15.6. The van der Waals surface area contributed by atoms with E-state index in [1.165, 1.54) is 35.6 Å². The van der Waals surface area contributed by atoms with Gasteiger partial charge in [0.15, 0.2) is 0 Å². The fraction of sp³-hybridized carbons (Fsp3) is 0.222. The summed E-state index contributed by atoms with van der Waals surface area (Å²) in [6.45, 7) is 2.89. The number of aromatic nitrogens is 2. The summed E-state index contributed by atoms with van der Waals surface area (Å²) < 4.78 is 28.8. The Bertz CT molecular complexity index is 1050. The highest BCUT2D eigenvalue weighted by molar-refractivity contribution is 7.89. The molecule has 25 heavy (non-hydrogen) atoms. The van der Waals surface area contributed by atoms with Gasteiger partial charge in [0.25, 0.3) is 0 Å². The minimum atomic E-state index is -3.65. The maximum absolute atomic E-state index is 12.8. The SMILES string of the molecule is CCn1c(CN(C)S(=O)(=O)c2ccc(C#N)cc2)nc2ccccc21. The van der Waals surface area contributed by atoms with Gasteiger partial charge in [-0.25, -0.2) is 13.4 Å². The summed E-state index contributed by atoms with van der Waals surface area (Å²) in [5.74, 6) is 0.698. The van der Waals surface area contributed by atoms with Crippen LogP contribution in [0, 0.1) is 11.3 Å². The first-order chi connectivity index (χ1) is 12.0. The Morgan fingerprint density at radius 1 is 1.16 bits per heavy atom. The number of sulfonamides is 1. The molecule has 6 nitrogen and oxygen atoms in total. The number of benzene rings is 2. The van der Waals surface area contributed by atoms with Gasteiger partial charge >= 0.3 is 0 Å². The van der Waals surface area contributed by atoms with Gasteiger partial charge in [-0.2, -0.15) is 9.57 Å². The van der Waals surface area contributed by atoms with E-state index in [4.69, 9.17) is 5.26 Å². The minimum absolute atomic E-state index is 0.160. The lowest BCUT2D eigenvalue weighted by molar-refractivity contribution is 0.449. The first-order valence-electron chi connectivity index (χ1n) is 7.88. The predicted octanol–water partition coefficient (Wildman–Crippen LogP) is 2.75. The third kappa shape index (κ3) is 3.14. The molecule has 3 rings (SSSR count). The average Bonchev–Trinajstić information content (AvgIpc) is 2.98. The Hall–Kier alpha value is -2.69. The molecule has 0 saturated heterocycles. The van der Waals surface area contributed by atoms with Crippen LogP contribution in [0.4, 0.5) is 0 Å². The van der Waals surface area contributed by atoms with E-state index < -0.39 is 10.0 Å². The number of para-hydroxylation sites is 2. The smallest absolute Gasteiger partial charge is 0.243 e. The zero-order valence-electron chi connectivity index (χ0n) is 14.0. The molecule has 0 atom stereocenters. The van der Waals surface area contributed by atoms with Crippen molar-refractivity contribution in [2.24, 2.45) is 0 Å². The van der Waals surface area contributed by atoms with Crippen molar-refractivity contribution in [1.29, 1.82) is 5.26 Å². The van der Waals surface area contributed by atoms with Crippen LogP contribution in [0.5, 0.6) is 0 Å². The molecule has 0 spiro atoms. The molecule has 1 aromatic heterocycles. The van der Waals surface area contributed by atoms with Gasteiger partial charge in [-0.05, 0) is 43.3 Å². The summed E-state index contributed by atoms with van der Waals surface area (Å²) in [6.07, 6.45) is 0. The molecule has 0 N–H and O–H groups in total. The van der Waals surface area contributed by atoms with Gasteiger partial charge < -0.3 is 4.57 Å². The highest BCUT2D eigenvalue weighted by Crippen LogP contribution is 2.20. The molecule has 0 fully saturated rings. The van der Waals surface area contributed by atoms with Gasteiger partial charge in [-0.1, -0.05) is 12.1 Å². The first-order valence-corrected chi connectivity index (χ1v) is 9.32. The zero-order chi connectivity index (χ0) is 18.0. The number of imidazole rings is 1. The van der Waals surface area contributed by atoms with Crippen LogP contribution in [0.2, 0.25) is 0 Å². The van der Waals surface area contributed by atoms with Crippen molar-refractivity contribution in [3.05, 3.63) is 59.9 Å². The van der Waals surface area contributed by atoms with Crippen LogP contribution in [-0.2, 0) is 23.1 Å². The molecule has 0 aliphatic carbocycles. The first kappa shape index (κ1) is 17.1. The van der Waals surface area contributed by atoms with E-state index in [2.05, 4.69) is 4.98 Å². The molecule has 0 aliphatic heterocycles. The number of nitrogens with zero attached hydrogens (tertiary/aromatic N) is 4. The Morgan fingerprint density at radius 2 is 1.84 bits per heavy atom. The van der Waals surface area contributed by atoms with Gasteiger partial charge in [-0.15, -0.1) is 0 Å². The van der Waals surface area contributed by atoms with E-state index in [0.29, 0.717) is 17.9 Å². The van der Waals surface area contributed by atoms with Crippen molar-refractivity contribution >= 4 is 21.1 Å². The van der Waals surface area contributed by atoms with E-state index >= 15 is 0 Å². The zero-order valence-corrected chi connectivity index (χ0v) is 14.9. The Kier molecular flexibility index (Phi) is 4.57. The van der Waals surface area contributed by atoms with Gasteiger partial charge in [0.2, 0.25) is 10.0 Å². The summed E-state index contributed by atoms with van der Waals surface area (Å²) >= 11 is 0. The van der Waals surface area contributed by atoms with Crippen molar-refractivity contribution in [3.8, 4) is 6.07 Å². The molecular formula is C18H18N4O2S. The lowest BCUT2D eigenvalue weighted by atomic mass is 10.2. The third-order valence-electron chi connectivity index (χ3n) is 4.11. The number of nitriles is 1. The molecule has 0 saturated carbocycles. The van der Waals surface area contributed by atoms with Crippen LogP contribution >= 0.6 is 0 Å². The fourth-order valence-electron chi connectivity index (χ4n) is 2.76. The molecule has 0 unspecified atom stereocenters.